The number of hydrogen-bond donors (Lipinski definition) is 2. The van der Waals surface area contributed by atoms with E-state index < -0.39 is 17.8 Å². The van der Waals surface area contributed by atoms with Gasteiger partial charge >= 0.3 is 11.9 Å². The molecule has 9 heteroatoms. The molecular weight excluding hydrogens is 396 g/mol. The molecule has 0 unspecified atom stereocenters. The van der Waals surface area contributed by atoms with Crippen molar-refractivity contribution in [3.8, 4) is 5.75 Å². The van der Waals surface area contributed by atoms with E-state index in [2.05, 4.69) is 5.32 Å². The van der Waals surface area contributed by atoms with E-state index in [1.165, 1.54) is 20.2 Å². The molecule has 154 valence electrons. The molecular formula is C20H22N2O6S. The normalized spacial score (nSPS) is 10.6. The van der Waals surface area contributed by atoms with Crippen LogP contribution >= 0.6 is 11.3 Å². The summed E-state index contributed by atoms with van der Waals surface area (Å²) >= 11 is 0.934. The molecule has 1 aromatic carbocycles. The molecule has 8 nitrogen and oxygen atoms in total. The molecule has 2 aromatic rings. The van der Waals surface area contributed by atoms with E-state index in [1.54, 1.807) is 25.1 Å². The van der Waals surface area contributed by atoms with E-state index >= 15 is 0 Å². The van der Waals surface area contributed by atoms with Gasteiger partial charge in [0.1, 0.15) is 27.8 Å². The third-order valence-corrected chi connectivity index (χ3v) is 4.90. The lowest BCUT2D eigenvalue weighted by Gasteiger charge is -2.08. The van der Waals surface area contributed by atoms with Gasteiger partial charge in [-0.15, -0.1) is 11.3 Å². The summed E-state index contributed by atoms with van der Waals surface area (Å²) in [7, 11) is 2.98. The van der Waals surface area contributed by atoms with E-state index in [-0.39, 0.29) is 34.2 Å². The molecule has 3 N–H and O–H groups in total. The van der Waals surface area contributed by atoms with E-state index in [0.29, 0.717) is 11.3 Å². The van der Waals surface area contributed by atoms with Crippen molar-refractivity contribution in [3.63, 3.8) is 0 Å². The van der Waals surface area contributed by atoms with Crippen LogP contribution in [0.3, 0.4) is 0 Å². The molecule has 2 rings (SSSR count). The Labute approximate surface area is 172 Å². The zero-order valence-corrected chi connectivity index (χ0v) is 17.1. The summed E-state index contributed by atoms with van der Waals surface area (Å²) in [5.41, 5.74) is 6.86. The summed E-state index contributed by atoms with van der Waals surface area (Å²) in [5, 5.41) is 2.60. The second kappa shape index (κ2) is 10.3. The number of nitrogens with one attached hydrogen (secondary N) is 1. The van der Waals surface area contributed by atoms with Crippen molar-refractivity contribution < 1.29 is 28.6 Å². The first kappa shape index (κ1) is 22.0. The highest BCUT2D eigenvalue weighted by atomic mass is 32.1. The largest absolute Gasteiger partial charge is 0.496 e. The third-order valence-electron chi connectivity index (χ3n) is 3.84. The van der Waals surface area contributed by atoms with Gasteiger partial charge in [-0.3, -0.25) is 4.79 Å². The first-order valence-electron chi connectivity index (χ1n) is 8.71. The standard InChI is InChI=1S/C20H22N2O6S/c1-4-27-20(25)16-13(17(19(24)22-2)29-18(16)21)11-28-15(23)10-9-12-7-5-6-8-14(12)26-3/h5-10H,4,11,21H2,1-3H3,(H,22,24)/b10-9+. The summed E-state index contributed by atoms with van der Waals surface area (Å²) < 4.78 is 15.5. The maximum atomic E-state index is 12.2. The molecule has 1 heterocycles. The monoisotopic (exact) mass is 418 g/mol. The van der Waals surface area contributed by atoms with Crippen molar-refractivity contribution in [2.24, 2.45) is 0 Å². The number of hydrogen-bond acceptors (Lipinski definition) is 8. The Morgan fingerprint density at radius 2 is 1.93 bits per heavy atom. The summed E-state index contributed by atoms with van der Waals surface area (Å²) in [6.45, 7) is 1.49. The molecule has 0 aliphatic heterocycles. The van der Waals surface area contributed by atoms with Crippen molar-refractivity contribution >= 4 is 40.3 Å². The van der Waals surface area contributed by atoms with Crippen LogP contribution in [-0.2, 0) is 20.9 Å². The lowest BCUT2D eigenvalue weighted by atomic mass is 10.1. The van der Waals surface area contributed by atoms with Crippen LogP contribution < -0.4 is 15.8 Å². The summed E-state index contributed by atoms with van der Waals surface area (Å²) in [6, 6.07) is 7.17. The zero-order chi connectivity index (χ0) is 21.4. The molecule has 0 bridgehead atoms. The van der Waals surface area contributed by atoms with Gasteiger partial charge in [0.25, 0.3) is 5.91 Å². The van der Waals surface area contributed by atoms with Crippen LogP contribution in [0.15, 0.2) is 30.3 Å². The minimum atomic E-state index is -0.674. The number of benzene rings is 1. The predicted molar refractivity (Wildman–Crippen MR) is 110 cm³/mol. The smallest absolute Gasteiger partial charge is 0.341 e. The van der Waals surface area contributed by atoms with Crippen molar-refractivity contribution in [3.05, 3.63) is 51.9 Å². The van der Waals surface area contributed by atoms with Gasteiger partial charge in [0.2, 0.25) is 0 Å². The molecule has 1 aromatic heterocycles. The van der Waals surface area contributed by atoms with Gasteiger partial charge in [-0.2, -0.15) is 0 Å². The first-order valence-corrected chi connectivity index (χ1v) is 9.52. The second-order valence-electron chi connectivity index (χ2n) is 5.63. The van der Waals surface area contributed by atoms with Gasteiger partial charge in [0.05, 0.1) is 13.7 Å². The number of carbonyl (C=O) groups is 3. The lowest BCUT2D eigenvalue weighted by molar-refractivity contribution is -0.138. The Balaban J connectivity index is 2.22. The number of nitrogen functional groups attached to an aromatic ring is 1. The first-order chi connectivity index (χ1) is 13.9. The topological polar surface area (TPSA) is 117 Å². The minimum absolute atomic E-state index is 0.0389. The quantitative estimate of drug-likeness (QED) is 0.500. The van der Waals surface area contributed by atoms with Gasteiger partial charge in [-0.05, 0) is 19.1 Å². The number of esters is 2. The molecule has 0 saturated carbocycles. The Hall–Kier alpha value is -3.33. The molecule has 0 spiro atoms. The highest BCUT2D eigenvalue weighted by Crippen LogP contribution is 2.32. The number of methoxy groups -OCH3 is 1. The average molecular weight is 418 g/mol. The van der Waals surface area contributed by atoms with E-state index in [0.717, 1.165) is 11.3 Å². The van der Waals surface area contributed by atoms with Crippen molar-refractivity contribution in [1.82, 2.24) is 5.32 Å². The molecule has 0 fully saturated rings. The summed E-state index contributed by atoms with van der Waals surface area (Å²) in [6.07, 6.45) is 2.78. The number of ether oxygens (including phenoxy) is 3. The lowest BCUT2D eigenvalue weighted by Crippen LogP contribution is -2.19. The fourth-order valence-electron chi connectivity index (χ4n) is 2.50. The Morgan fingerprint density at radius 3 is 2.59 bits per heavy atom. The van der Waals surface area contributed by atoms with Crippen molar-refractivity contribution in [1.29, 1.82) is 0 Å². The molecule has 1 amide bonds. The maximum absolute atomic E-state index is 12.2. The van der Waals surface area contributed by atoms with Gasteiger partial charge in [0, 0.05) is 24.3 Å². The van der Waals surface area contributed by atoms with Crippen LogP contribution in [0, 0.1) is 0 Å². The van der Waals surface area contributed by atoms with Crippen LogP contribution in [0.25, 0.3) is 6.08 Å². The van der Waals surface area contributed by atoms with Crippen molar-refractivity contribution in [2.45, 2.75) is 13.5 Å². The van der Waals surface area contributed by atoms with Crippen LogP contribution in [0.5, 0.6) is 5.75 Å². The van der Waals surface area contributed by atoms with Gasteiger partial charge < -0.3 is 25.3 Å². The van der Waals surface area contributed by atoms with Gasteiger partial charge in [-0.1, -0.05) is 18.2 Å². The highest BCUT2D eigenvalue weighted by molar-refractivity contribution is 7.18. The number of anilines is 1. The third kappa shape index (κ3) is 5.35. The molecule has 0 atom stereocenters. The predicted octanol–water partition coefficient (Wildman–Crippen LogP) is 2.63. The number of nitrogens with two attached hydrogens (primary N) is 1. The van der Waals surface area contributed by atoms with Crippen LogP contribution in [0.1, 0.15) is 38.1 Å². The zero-order valence-electron chi connectivity index (χ0n) is 16.3. The van der Waals surface area contributed by atoms with Crippen LogP contribution in [-0.4, -0.2) is 38.6 Å². The SMILES string of the molecule is CCOC(=O)c1c(N)sc(C(=O)NC)c1COC(=O)/C=C/c1ccccc1OC. The summed E-state index contributed by atoms with van der Waals surface area (Å²) in [4.78, 5) is 36.7. The van der Waals surface area contributed by atoms with E-state index in [1.807, 2.05) is 12.1 Å². The van der Waals surface area contributed by atoms with Crippen molar-refractivity contribution in [2.75, 3.05) is 26.5 Å². The molecule has 0 aliphatic rings. The van der Waals surface area contributed by atoms with E-state index in [9.17, 15) is 14.4 Å². The van der Waals surface area contributed by atoms with Crippen LogP contribution in [0.4, 0.5) is 5.00 Å². The number of para-hydroxylation sites is 1. The number of rotatable bonds is 8. The highest BCUT2D eigenvalue weighted by Gasteiger charge is 2.27. The minimum Gasteiger partial charge on any atom is -0.496 e. The Kier molecular flexibility index (Phi) is 7.79. The Morgan fingerprint density at radius 1 is 1.21 bits per heavy atom. The van der Waals surface area contributed by atoms with E-state index in [4.69, 9.17) is 19.9 Å². The number of thiophene rings is 1. The van der Waals surface area contributed by atoms with Gasteiger partial charge in [0.15, 0.2) is 0 Å². The molecule has 0 radical (unpaired) electrons. The Bertz CT molecular complexity index is 935. The number of carbonyl (C=O) groups excluding carboxylic acids is 3. The summed E-state index contributed by atoms with van der Waals surface area (Å²) in [5.74, 6) is -1.16. The fourth-order valence-corrected chi connectivity index (χ4v) is 3.51. The van der Waals surface area contributed by atoms with Crippen LogP contribution in [0.2, 0.25) is 0 Å². The molecule has 0 saturated heterocycles. The average Bonchev–Trinajstić information content (AvgIpc) is 3.06. The molecule has 0 aliphatic carbocycles. The second-order valence-corrected chi connectivity index (χ2v) is 6.68. The number of amides is 1. The van der Waals surface area contributed by atoms with Gasteiger partial charge in [-0.25, -0.2) is 9.59 Å². The maximum Gasteiger partial charge on any atom is 0.341 e. The molecule has 29 heavy (non-hydrogen) atoms. The fraction of sp³-hybridized carbons (Fsp3) is 0.250.